The normalized spacial score (nSPS) is 35.1. The molecule has 2 atom stereocenters. The highest BCUT2D eigenvalue weighted by atomic mass is 19.1. The topological polar surface area (TPSA) is 12.0 Å². The maximum atomic E-state index is 13.4. The Bertz CT molecular complexity index is 493. The Morgan fingerprint density at radius 3 is 2.30 bits per heavy atom. The molecule has 0 aliphatic heterocycles. The summed E-state index contributed by atoms with van der Waals surface area (Å²) in [6.07, 6.45) is 7.23. The Hall–Kier alpha value is -0.960. The lowest BCUT2D eigenvalue weighted by atomic mass is 9.77. The summed E-state index contributed by atoms with van der Waals surface area (Å²) in [4.78, 5) is 0. The van der Waals surface area contributed by atoms with E-state index in [2.05, 4.69) is 5.32 Å². The highest BCUT2D eigenvalue weighted by molar-refractivity contribution is 5.21. The van der Waals surface area contributed by atoms with Crippen LogP contribution in [0.3, 0.4) is 0 Å². The van der Waals surface area contributed by atoms with Crippen molar-refractivity contribution in [1.82, 2.24) is 5.32 Å². The van der Waals surface area contributed by atoms with Gasteiger partial charge >= 0.3 is 0 Å². The molecule has 4 rings (SSSR count). The van der Waals surface area contributed by atoms with Crippen LogP contribution in [0, 0.1) is 28.9 Å². The second-order valence-electron chi connectivity index (χ2n) is 7.27. The maximum Gasteiger partial charge on any atom is 0.126 e. The van der Waals surface area contributed by atoms with Crippen molar-refractivity contribution >= 4 is 0 Å². The van der Waals surface area contributed by atoms with Crippen molar-refractivity contribution in [1.29, 1.82) is 0 Å². The van der Waals surface area contributed by atoms with Crippen LogP contribution < -0.4 is 5.32 Å². The summed E-state index contributed by atoms with van der Waals surface area (Å²) in [5.74, 6) is 0.866. The summed E-state index contributed by atoms with van der Waals surface area (Å²) in [7, 11) is 0. The molecule has 0 spiro atoms. The average Bonchev–Trinajstić information content (AvgIpc) is 3.26. The lowest BCUT2D eigenvalue weighted by molar-refractivity contribution is 0.247. The van der Waals surface area contributed by atoms with Crippen molar-refractivity contribution in [2.45, 2.75) is 44.6 Å². The van der Waals surface area contributed by atoms with Gasteiger partial charge in [0.25, 0.3) is 0 Å². The summed E-state index contributed by atoms with van der Waals surface area (Å²) < 4.78 is 26.8. The Morgan fingerprint density at radius 2 is 1.70 bits per heavy atom. The van der Waals surface area contributed by atoms with Crippen molar-refractivity contribution in [2.24, 2.45) is 17.3 Å². The molecule has 0 amide bonds. The standard InChI is InChI=1S/C17H21F2N/c18-14-3-11(4-15(19)6-14)7-17(10-20-16-1-2-16)8-12-5-13(12)9-17/h3-4,6,12-13,16,20H,1-2,5,7-10H2. The van der Waals surface area contributed by atoms with Crippen LogP contribution in [0.2, 0.25) is 0 Å². The monoisotopic (exact) mass is 277 g/mol. The zero-order chi connectivity index (χ0) is 13.7. The van der Waals surface area contributed by atoms with Gasteiger partial charge in [-0.2, -0.15) is 0 Å². The Kier molecular flexibility index (Phi) is 2.88. The molecule has 1 aromatic rings. The van der Waals surface area contributed by atoms with Crippen molar-refractivity contribution < 1.29 is 8.78 Å². The van der Waals surface area contributed by atoms with Gasteiger partial charge in [0, 0.05) is 18.7 Å². The Labute approximate surface area is 118 Å². The van der Waals surface area contributed by atoms with Gasteiger partial charge in [-0.05, 0) is 73.5 Å². The van der Waals surface area contributed by atoms with Crippen molar-refractivity contribution in [3.63, 3.8) is 0 Å². The molecule has 3 heteroatoms. The largest absolute Gasteiger partial charge is 0.313 e. The number of hydrogen-bond donors (Lipinski definition) is 1. The van der Waals surface area contributed by atoms with E-state index in [1.165, 1.54) is 44.2 Å². The van der Waals surface area contributed by atoms with Gasteiger partial charge in [-0.3, -0.25) is 0 Å². The number of benzene rings is 1. The van der Waals surface area contributed by atoms with E-state index in [-0.39, 0.29) is 5.41 Å². The molecule has 0 bridgehead atoms. The SMILES string of the molecule is Fc1cc(F)cc(CC2(CNC3CC3)CC3CC3C2)c1. The molecule has 0 saturated heterocycles. The zero-order valence-corrected chi connectivity index (χ0v) is 11.7. The number of nitrogens with one attached hydrogen (secondary N) is 1. The smallest absolute Gasteiger partial charge is 0.126 e. The van der Waals surface area contributed by atoms with E-state index in [9.17, 15) is 8.78 Å². The lowest BCUT2D eigenvalue weighted by Crippen LogP contribution is -2.36. The molecule has 108 valence electrons. The molecule has 1 nitrogen and oxygen atoms in total. The third-order valence-electron chi connectivity index (χ3n) is 5.30. The molecule has 2 unspecified atom stereocenters. The summed E-state index contributed by atoms with van der Waals surface area (Å²) >= 11 is 0. The first-order valence-corrected chi connectivity index (χ1v) is 7.80. The first kappa shape index (κ1) is 12.8. The molecule has 1 N–H and O–H groups in total. The van der Waals surface area contributed by atoms with Gasteiger partial charge in [-0.1, -0.05) is 0 Å². The van der Waals surface area contributed by atoms with Gasteiger partial charge < -0.3 is 5.32 Å². The molecule has 3 aliphatic rings. The second kappa shape index (κ2) is 4.52. The molecule has 3 fully saturated rings. The fraction of sp³-hybridized carbons (Fsp3) is 0.647. The van der Waals surface area contributed by atoms with Gasteiger partial charge in [0.15, 0.2) is 0 Å². The first-order chi connectivity index (χ1) is 9.62. The minimum absolute atomic E-state index is 0.233. The number of fused-ring (bicyclic) bond motifs is 1. The van der Waals surface area contributed by atoms with Crippen molar-refractivity contribution in [2.75, 3.05) is 6.54 Å². The molecule has 3 saturated carbocycles. The quantitative estimate of drug-likeness (QED) is 0.866. The van der Waals surface area contributed by atoms with E-state index in [0.717, 1.165) is 36.4 Å². The van der Waals surface area contributed by atoms with Crippen LogP contribution >= 0.6 is 0 Å². The predicted molar refractivity (Wildman–Crippen MR) is 74.4 cm³/mol. The van der Waals surface area contributed by atoms with Crippen molar-refractivity contribution in [3.8, 4) is 0 Å². The van der Waals surface area contributed by atoms with E-state index in [0.29, 0.717) is 6.04 Å². The zero-order valence-electron chi connectivity index (χ0n) is 11.7. The van der Waals surface area contributed by atoms with Crippen LogP contribution in [0.25, 0.3) is 0 Å². The predicted octanol–water partition coefficient (Wildman–Crippen LogP) is 3.68. The van der Waals surface area contributed by atoms with Gasteiger partial charge in [-0.15, -0.1) is 0 Å². The maximum absolute atomic E-state index is 13.4. The first-order valence-electron chi connectivity index (χ1n) is 7.80. The van der Waals surface area contributed by atoms with E-state index in [1.807, 2.05) is 0 Å². The van der Waals surface area contributed by atoms with Gasteiger partial charge in [0.05, 0.1) is 0 Å². The lowest BCUT2D eigenvalue weighted by Gasteiger charge is -2.32. The van der Waals surface area contributed by atoms with Crippen LogP contribution in [0.1, 0.15) is 37.7 Å². The van der Waals surface area contributed by atoms with Crippen molar-refractivity contribution in [3.05, 3.63) is 35.4 Å². The summed E-state index contributed by atoms with van der Waals surface area (Å²) in [5, 5.41) is 3.64. The molecule has 0 aromatic heterocycles. The average molecular weight is 277 g/mol. The Morgan fingerprint density at radius 1 is 1.05 bits per heavy atom. The van der Waals surface area contributed by atoms with E-state index in [4.69, 9.17) is 0 Å². The molecule has 20 heavy (non-hydrogen) atoms. The van der Waals surface area contributed by atoms with Gasteiger partial charge in [0.2, 0.25) is 0 Å². The second-order valence-corrected chi connectivity index (χ2v) is 7.27. The molecule has 1 aromatic carbocycles. The number of rotatable bonds is 5. The van der Waals surface area contributed by atoms with Crippen LogP contribution in [-0.4, -0.2) is 12.6 Å². The van der Waals surface area contributed by atoms with E-state index >= 15 is 0 Å². The third kappa shape index (κ3) is 2.60. The van der Waals surface area contributed by atoms with E-state index in [1.54, 1.807) is 0 Å². The number of hydrogen-bond acceptors (Lipinski definition) is 1. The molecule has 0 heterocycles. The van der Waals surface area contributed by atoms with Crippen LogP contribution in [0.5, 0.6) is 0 Å². The molecule has 3 aliphatic carbocycles. The molecule has 0 radical (unpaired) electrons. The third-order valence-corrected chi connectivity index (χ3v) is 5.30. The Balaban J connectivity index is 1.51. The summed E-state index contributed by atoms with van der Waals surface area (Å²) in [6, 6.07) is 4.68. The molecular formula is C17H21F2N. The van der Waals surface area contributed by atoms with Gasteiger partial charge in [0.1, 0.15) is 11.6 Å². The van der Waals surface area contributed by atoms with E-state index < -0.39 is 11.6 Å². The van der Waals surface area contributed by atoms with Crippen LogP contribution in [0.15, 0.2) is 18.2 Å². The number of halogens is 2. The molecular weight excluding hydrogens is 256 g/mol. The minimum atomic E-state index is -0.451. The fourth-order valence-electron chi connectivity index (χ4n) is 4.15. The highest BCUT2D eigenvalue weighted by Gasteiger charge is 2.53. The highest BCUT2D eigenvalue weighted by Crippen LogP contribution is 2.60. The van der Waals surface area contributed by atoms with Crippen LogP contribution in [-0.2, 0) is 6.42 Å². The van der Waals surface area contributed by atoms with Crippen LogP contribution in [0.4, 0.5) is 8.78 Å². The van der Waals surface area contributed by atoms with Gasteiger partial charge in [-0.25, -0.2) is 8.78 Å². The summed E-state index contributed by atoms with van der Waals surface area (Å²) in [6.45, 7) is 1.02. The summed E-state index contributed by atoms with van der Waals surface area (Å²) in [5.41, 5.74) is 1.05. The fourth-order valence-corrected chi connectivity index (χ4v) is 4.15. The minimum Gasteiger partial charge on any atom is -0.313 e.